The minimum atomic E-state index is -2.91. The Morgan fingerprint density at radius 1 is 1.07 bits per heavy atom. The van der Waals surface area contributed by atoms with Crippen molar-refractivity contribution in [2.45, 2.75) is 45.2 Å². The van der Waals surface area contributed by atoms with Crippen molar-refractivity contribution < 1.29 is 18.7 Å². The van der Waals surface area contributed by atoms with Crippen molar-refractivity contribution in [3.63, 3.8) is 0 Å². The summed E-state index contributed by atoms with van der Waals surface area (Å²) in [6.07, 6.45) is -1.60. The summed E-state index contributed by atoms with van der Waals surface area (Å²) < 4.78 is 28.1. The number of carbonyl (C=O) groups excluding carboxylic acids is 1. The fourth-order valence-electron chi connectivity index (χ4n) is 5.57. The molecule has 0 radical (unpaired) electrons. The van der Waals surface area contributed by atoms with Crippen LogP contribution in [-0.2, 0) is 10.3 Å². The Morgan fingerprint density at radius 3 is 2.27 bits per heavy atom. The van der Waals surface area contributed by atoms with E-state index in [1.807, 2.05) is 57.2 Å². The molecule has 3 aromatic carbocycles. The first-order valence-electron chi connectivity index (χ1n) is 13.8. The summed E-state index contributed by atoms with van der Waals surface area (Å²) in [6.45, 7) is 5.45. The van der Waals surface area contributed by atoms with Gasteiger partial charge in [-0.05, 0) is 58.4 Å². The topological polar surface area (TPSA) is 133 Å². The van der Waals surface area contributed by atoms with Crippen LogP contribution in [0.2, 0.25) is 5.02 Å². The lowest BCUT2D eigenvalue weighted by Gasteiger charge is -2.34. The van der Waals surface area contributed by atoms with Crippen molar-refractivity contribution >= 4 is 23.5 Å². The Balaban J connectivity index is 1.54. The van der Waals surface area contributed by atoms with E-state index in [4.69, 9.17) is 27.6 Å². The lowest BCUT2D eigenvalue weighted by Crippen LogP contribution is -2.47. The number of nitrogens with two attached hydrogens (primary N) is 1. The number of aliphatic imine (C=N–C) groups is 1. The number of aromatic nitrogens is 3. The van der Waals surface area contributed by atoms with Gasteiger partial charge in [-0.2, -0.15) is 10.4 Å². The highest BCUT2D eigenvalue weighted by molar-refractivity contribution is 6.32. The maximum atomic E-state index is 14.5. The third kappa shape index (κ3) is 5.66. The van der Waals surface area contributed by atoms with Gasteiger partial charge in [0, 0.05) is 0 Å². The molecule has 0 bridgehead atoms. The molecule has 4 aromatic rings. The molecule has 5 rings (SSSR count). The zero-order valence-electron chi connectivity index (χ0n) is 24.2. The Morgan fingerprint density at radius 2 is 1.70 bits per heavy atom. The smallest absolute Gasteiger partial charge is 0.297 e. The van der Waals surface area contributed by atoms with Gasteiger partial charge in [0.25, 0.3) is 12.3 Å². The van der Waals surface area contributed by atoms with Crippen LogP contribution < -0.4 is 5.73 Å². The summed E-state index contributed by atoms with van der Waals surface area (Å²) in [5.41, 5.74) is 8.18. The number of carbonyl (C=O) groups is 1. The SMILES string of the molecule is CC(C)(C)C[C@]1(c2ccc(-c3ccc(C#N)cc3)cc2)N=C(N)N([C@H](CO)c2ccc(Cl)c(-n3ncnc3C(F)F)c2)C1=O. The van der Waals surface area contributed by atoms with Gasteiger partial charge in [0.15, 0.2) is 17.3 Å². The second kappa shape index (κ2) is 11.8. The Labute approximate surface area is 258 Å². The van der Waals surface area contributed by atoms with Crippen LogP contribution in [0.5, 0.6) is 0 Å². The van der Waals surface area contributed by atoms with E-state index in [-0.39, 0.29) is 22.1 Å². The summed E-state index contributed by atoms with van der Waals surface area (Å²) in [5.74, 6) is -1.11. The molecule has 1 aliphatic rings. The summed E-state index contributed by atoms with van der Waals surface area (Å²) in [6, 6.07) is 20.3. The normalized spacial score (nSPS) is 17.6. The second-order valence-electron chi connectivity index (χ2n) is 11.7. The molecule has 1 aliphatic heterocycles. The average molecular weight is 618 g/mol. The lowest BCUT2D eigenvalue weighted by molar-refractivity contribution is -0.135. The van der Waals surface area contributed by atoms with Gasteiger partial charge in [0.1, 0.15) is 6.33 Å². The van der Waals surface area contributed by atoms with Crippen molar-refractivity contribution in [2.24, 2.45) is 16.1 Å². The molecular formula is C32H30ClF2N7O2. The van der Waals surface area contributed by atoms with E-state index in [0.717, 1.165) is 22.1 Å². The first-order chi connectivity index (χ1) is 20.9. The average Bonchev–Trinajstić information content (AvgIpc) is 3.57. The number of benzene rings is 3. The maximum absolute atomic E-state index is 14.5. The highest BCUT2D eigenvalue weighted by Gasteiger charge is 2.52. The van der Waals surface area contributed by atoms with Gasteiger partial charge in [0.2, 0.25) is 0 Å². The Bertz CT molecular complexity index is 1760. The molecule has 3 N–H and O–H groups in total. The van der Waals surface area contributed by atoms with Crippen molar-refractivity contribution in [3.8, 4) is 22.9 Å². The molecule has 1 amide bonds. The standard InChI is InChI=1S/C32H30ClF2N7O2/c1-31(2,3)17-32(23-11-8-21(9-12-23)20-6-4-19(15-36)5-7-20)29(44)41(30(37)40-32)26(16-43)22-10-13-24(33)25(14-22)42-28(27(34)35)38-18-39-42/h4-14,18,26-27,43H,16-17H2,1-3H3,(H2,37,40)/t26-,32-/m1/s1. The minimum absolute atomic E-state index is 0.0833. The number of rotatable bonds is 8. The van der Waals surface area contributed by atoms with Crippen molar-refractivity contribution in [2.75, 3.05) is 6.61 Å². The molecule has 0 saturated heterocycles. The maximum Gasteiger partial charge on any atom is 0.297 e. The number of nitriles is 1. The third-order valence-electron chi connectivity index (χ3n) is 7.46. The zero-order valence-corrected chi connectivity index (χ0v) is 25.0. The van der Waals surface area contributed by atoms with Gasteiger partial charge >= 0.3 is 0 Å². The Hall–Kier alpha value is -4.66. The molecular weight excluding hydrogens is 588 g/mol. The van der Waals surface area contributed by atoms with Crippen molar-refractivity contribution in [1.29, 1.82) is 5.26 Å². The predicted molar refractivity (Wildman–Crippen MR) is 162 cm³/mol. The van der Waals surface area contributed by atoms with Gasteiger partial charge in [-0.3, -0.25) is 9.69 Å². The van der Waals surface area contributed by atoms with Crippen LogP contribution in [0.1, 0.15) is 62.2 Å². The zero-order chi connectivity index (χ0) is 31.8. The molecule has 44 heavy (non-hydrogen) atoms. The summed E-state index contributed by atoms with van der Waals surface area (Å²) in [7, 11) is 0. The monoisotopic (exact) mass is 617 g/mol. The minimum Gasteiger partial charge on any atom is -0.394 e. The van der Waals surface area contributed by atoms with Crippen LogP contribution in [0.4, 0.5) is 8.78 Å². The van der Waals surface area contributed by atoms with Gasteiger partial charge < -0.3 is 10.8 Å². The molecule has 12 heteroatoms. The molecule has 226 valence electrons. The first kappa shape index (κ1) is 30.8. The van der Waals surface area contributed by atoms with E-state index >= 15 is 0 Å². The molecule has 0 spiro atoms. The summed E-state index contributed by atoms with van der Waals surface area (Å²) in [5, 5.41) is 23.7. The van der Waals surface area contributed by atoms with Crippen LogP contribution in [0.3, 0.4) is 0 Å². The van der Waals surface area contributed by atoms with Crippen molar-refractivity contribution in [1.82, 2.24) is 19.7 Å². The fraction of sp³-hybridized carbons (Fsp3) is 0.281. The molecule has 2 atom stereocenters. The highest BCUT2D eigenvalue weighted by Crippen LogP contribution is 2.45. The van der Waals surface area contributed by atoms with E-state index in [1.54, 1.807) is 18.2 Å². The van der Waals surface area contributed by atoms with Crippen LogP contribution in [0, 0.1) is 16.7 Å². The fourth-order valence-corrected chi connectivity index (χ4v) is 5.77. The molecule has 0 aliphatic carbocycles. The van der Waals surface area contributed by atoms with Crippen LogP contribution in [0.25, 0.3) is 16.8 Å². The number of amides is 1. The van der Waals surface area contributed by atoms with Gasteiger partial charge in [-0.1, -0.05) is 74.8 Å². The third-order valence-corrected chi connectivity index (χ3v) is 7.78. The van der Waals surface area contributed by atoms with Crippen LogP contribution in [-0.4, -0.2) is 43.2 Å². The van der Waals surface area contributed by atoms with E-state index in [2.05, 4.69) is 16.2 Å². The largest absolute Gasteiger partial charge is 0.394 e. The van der Waals surface area contributed by atoms with E-state index < -0.39 is 36.3 Å². The molecule has 0 fully saturated rings. The number of hydrogen-bond acceptors (Lipinski definition) is 7. The number of aliphatic hydroxyl groups excluding tert-OH is 1. The quantitative estimate of drug-likeness (QED) is 0.252. The van der Waals surface area contributed by atoms with E-state index in [1.165, 1.54) is 17.0 Å². The van der Waals surface area contributed by atoms with Crippen LogP contribution >= 0.6 is 11.6 Å². The summed E-state index contributed by atoms with van der Waals surface area (Å²) >= 11 is 6.36. The van der Waals surface area contributed by atoms with Crippen molar-refractivity contribution in [3.05, 3.63) is 101 Å². The lowest BCUT2D eigenvalue weighted by atomic mass is 9.75. The van der Waals surface area contributed by atoms with E-state index in [9.17, 15) is 18.7 Å². The second-order valence-corrected chi connectivity index (χ2v) is 12.2. The van der Waals surface area contributed by atoms with Gasteiger partial charge in [0.05, 0.1) is 35.0 Å². The Kier molecular flexibility index (Phi) is 8.25. The highest BCUT2D eigenvalue weighted by atomic mass is 35.5. The number of halogens is 3. The molecule has 2 heterocycles. The molecule has 9 nitrogen and oxygen atoms in total. The molecule has 1 aromatic heterocycles. The van der Waals surface area contributed by atoms with Gasteiger partial charge in [-0.25, -0.2) is 23.4 Å². The number of guanidine groups is 1. The number of alkyl halides is 2. The molecule has 0 unspecified atom stereocenters. The first-order valence-corrected chi connectivity index (χ1v) is 14.1. The van der Waals surface area contributed by atoms with E-state index in [0.29, 0.717) is 23.1 Å². The number of aliphatic hydroxyl groups is 1. The van der Waals surface area contributed by atoms with Gasteiger partial charge in [-0.15, -0.1) is 0 Å². The molecule has 0 saturated carbocycles. The number of hydrogen-bond donors (Lipinski definition) is 2. The van der Waals surface area contributed by atoms with Crippen LogP contribution in [0.15, 0.2) is 78.0 Å². The summed E-state index contributed by atoms with van der Waals surface area (Å²) in [4.78, 5) is 24.1. The predicted octanol–water partition coefficient (Wildman–Crippen LogP) is 5.92. The number of nitrogens with zero attached hydrogens (tertiary/aromatic N) is 6.